The third-order valence-electron chi connectivity index (χ3n) is 9.39. The van der Waals surface area contributed by atoms with Crippen LogP contribution in [-0.4, -0.2) is 0 Å². The van der Waals surface area contributed by atoms with E-state index in [1.165, 1.54) is 33.4 Å². The van der Waals surface area contributed by atoms with Crippen LogP contribution in [0.3, 0.4) is 0 Å². The van der Waals surface area contributed by atoms with Crippen LogP contribution in [0.2, 0.25) is 0 Å². The number of benzene rings is 6. The van der Waals surface area contributed by atoms with E-state index in [4.69, 9.17) is 20.9 Å². The van der Waals surface area contributed by atoms with Crippen molar-refractivity contribution in [2.24, 2.45) is 0 Å². The summed E-state index contributed by atoms with van der Waals surface area (Å²) in [6.45, 7) is 8.66. The molecule has 0 aliphatic heterocycles. The van der Waals surface area contributed by atoms with Crippen molar-refractivity contribution in [1.82, 2.24) is 0 Å². The van der Waals surface area contributed by atoms with Gasteiger partial charge in [-0.25, -0.2) is 0 Å². The summed E-state index contributed by atoms with van der Waals surface area (Å²) in [5.41, 5.74) is 23.0. The van der Waals surface area contributed by atoms with Crippen LogP contribution in [0.25, 0.3) is 11.1 Å². The number of rotatable bonds is 8. The van der Waals surface area contributed by atoms with E-state index in [1.54, 1.807) is 0 Å². The molecule has 0 saturated heterocycles. The first-order valence-electron chi connectivity index (χ1n) is 16.3. The summed E-state index contributed by atoms with van der Waals surface area (Å²) in [4.78, 5) is 0. The Morgan fingerprint density at radius 2 is 0.851 bits per heavy atom. The van der Waals surface area contributed by atoms with Crippen LogP contribution in [0, 0.1) is 0 Å². The number of hydrogen-bond acceptors (Lipinski definition) is 4. The molecule has 0 heterocycles. The molecule has 0 spiro atoms. The van der Waals surface area contributed by atoms with Crippen molar-refractivity contribution in [3.8, 4) is 34.1 Å². The van der Waals surface area contributed by atoms with E-state index in [0.29, 0.717) is 34.7 Å². The minimum Gasteiger partial charge on any atom is -0.455 e. The predicted octanol–water partition coefficient (Wildman–Crippen LogP) is 11.0. The molecule has 47 heavy (non-hydrogen) atoms. The maximum atomic E-state index is 6.35. The Labute approximate surface area is 277 Å². The zero-order chi connectivity index (χ0) is 32.7. The zero-order valence-corrected chi connectivity index (χ0v) is 27.3. The summed E-state index contributed by atoms with van der Waals surface area (Å²) in [6.07, 6.45) is 0. The van der Waals surface area contributed by atoms with Gasteiger partial charge in [0.05, 0.1) is 16.8 Å². The van der Waals surface area contributed by atoms with Crippen LogP contribution in [0.5, 0.6) is 23.0 Å². The van der Waals surface area contributed by atoms with Gasteiger partial charge < -0.3 is 20.9 Å². The van der Waals surface area contributed by atoms with Gasteiger partial charge in [-0.15, -0.1) is 0 Å². The van der Waals surface area contributed by atoms with Crippen molar-refractivity contribution in [1.29, 1.82) is 0 Å². The SMILES string of the molecule is CC(C)c1ccc(N)c(Oc2ccc(C3(c4ccc(Oc5cc(C(C)C)ccc5N)cc4)c4ccccc4-c4ccccc43)cc2)c1. The maximum Gasteiger partial charge on any atom is 0.150 e. The monoisotopic (exact) mass is 616 g/mol. The van der Waals surface area contributed by atoms with Crippen LogP contribution >= 0.6 is 0 Å². The Hall–Kier alpha value is -5.48. The Bertz CT molecular complexity index is 1910. The second-order valence-electron chi connectivity index (χ2n) is 13.0. The van der Waals surface area contributed by atoms with Crippen molar-refractivity contribution in [2.45, 2.75) is 44.9 Å². The average molecular weight is 617 g/mol. The zero-order valence-electron chi connectivity index (χ0n) is 27.3. The Morgan fingerprint density at radius 3 is 1.23 bits per heavy atom. The van der Waals surface area contributed by atoms with Gasteiger partial charge in [0.25, 0.3) is 0 Å². The Morgan fingerprint density at radius 1 is 0.468 bits per heavy atom. The van der Waals surface area contributed by atoms with Gasteiger partial charge >= 0.3 is 0 Å². The van der Waals surface area contributed by atoms with E-state index in [2.05, 4.69) is 113 Å². The van der Waals surface area contributed by atoms with Crippen LogP contribution in [0.4, 0.5) is 11.4 Å². The second kappa shape index (κ2) is 12.0. The minimum atomic E-state index is -0.544. The molecule has 1 aliphatic carbocycles. The van der Waals surface area contributed by atoms with Crippen molar-refractivity contribution < 1.29 is 9.47 Å². The van der Waals surface area contributed by atoms with E-state index >= 15 is 0 Å². The van der Waals surface area contributed by atoms with Gasteiger partial charge in [-0.1, -0.05) is 113 Å². The molecular formula is C43H40N2O2. The van der Waals surface area contributed by atoms with Crippen LogP contribution in [0.1, 0.15) is 72.9 Å². The lowest BCUT2D eigenvalue weighted by molar-refractivity contribution is 0.483. The number of hydrogen-bond donors (Lipinski definition) is 2. The van der Waals surface area contributed by atoms with Crippen LogP contribution < -0.4 is 20.9 Å². The highest BCUT2D eigenvalue weighted by Crippen LogP contribution is 2.56. The van der Waals surface area contributed by atoms with E-state index in [-0.39, 0.29) is 0 Å². The molecule has 0 aromatic heterocycles. The van der Waals surface area contributed by atoms with Gasteiger partial charge in [0, 0.05) is 0 Å². The van der Waals surface area contributed by atoms with E-state index in [9.17, 15) is 0 Å². The predicted molar refractivity (Wildman–Crippen MR) is 194 cm³/mol. The molecule has 0 unspecified atom stereocenters. The van der Waals surface area contributed by atoms with Gasteiger partial charge in [-0.3, -0.25) is 0 Å². The molecule has 6 aromatic rings. The normalized spacial score (nSPS) is 13.0. The molecule has 0 bridgehead atoms. The summed E-state index contributed by atoms with van der Waals surface area (Å²) in [6, 6.07) is 46.4. The number of nitrogens with two attached hydrogens (primary N) is 2. The summed E-state index contributed by atoms with van der Waals surface area (Å²) in [5, 5.41) is 0. The van der Waals surface area contributed by atoms with Crippen molar-refractivity contribution in [3.05, 3.63) is 167 Å². The number of anilines is 2. The first kappa shape index (κ1) is 30.2. The average Bonchev–Trinajstić information content (AvgIpc) is 3.38. The molecule has 1 aliphatic rings. The molecule has 0 radical (unpaired) electrons. The van der Waals surface area contributed by atoms with Crippen molar-refractivity contribution in [3.63, 3.8) is 0 Å². The molecule has 4 N–H and O–H groups in total. The molecule has 0 atom stereocenters. The largest absolute Gasteiger partial charge is 0.455 e. The lowest BCUT2D eigenvalue weighted by Gasteiger charge is -2.34. The smallest absolute Gasteiger partial charge is 0.150 e. The molecule has 4 nitrogen and oxygen atoms in total. The number of nitrogen functional groups attached to an aromatic ring is 2. The fourth-order valence-corrected chi connectivity index (χ4v) is 6.82. The first-order chi connectivity index (χ1) is 22.8. The third kappa shape index (κ3) is 5.30. The molecule has 0 saturated carbocycles. The summed E-state index contributed by atoms with van der Waals surface area (Å²) < 4.78 is 12.7. The Balaban J connectivity index is 1.31. The van der Waals surface area contributed by atoms with Gasteiger partial charge in [0.2, 0.25) is 0 Å². The lowest BCUT2D eigenvalue weighted by Crippen LogP contribution is -2.28. The highest BCUT2D eigenvalue weighted by Gasteiger charge is 2.45. The fraction of sp³-hybridized carbons (Fsp3) is 0.163. The van der Waals surface area contributed by atoms with Crippen LogP contribution in [0.15, 0.2) is 133 Å². The van der Waals surface area contributed by atoms with Crippen molar-refractivity contribution in [2.75, 3.05) is 11.5 Å². The molecule has 4 heteroatoms. The molecular weight excluding hydrogens is 576 g/mol. The van der Waals surface area contributed by atoms with Crippen LogP contribution in [-0.2, 0) is 5.41 Å². The fourth-order valence-electron chi connectivity index (χ4n) is 6.82. The first-order valence-corrected chi connectivity index (χ1v) is 16.3. The quantitative estimate of drug-likeness (QED) is 0.167. The minimum absolute atomic E-state index is 0.377. The van der Waals surface area contributed by atoms with Gasteiger partial charge in [-0.2, -0.15) is 0 Å². The topological polar surface area (TPSA) is 70.5 Å². The standard InChI is InChI=1S/C43H40N2O2/c1-27(2)29-13-23-39(44)41(25-29)46-33-19-15-31(16-20-33)43(37-11-7-5-9-35(37)36-10-6-8-12-38(36)43)32-17-21-34(22-18-32)47-42-26-30(28(3)4)14-24-40(42)45/h5-28H,44-45H2,1-4H3. The van der Waals surface area contributed by atoms with Gasteiger partial charge in [0.15, 0.2) is 11.5 Å². The van der Waals surface area contributed by atoms with E-state index < -0.39 is 5.41 Å². The molecule has 7 rings (SSSR count). The Kier molecular flexibility index (Phi) is 7.73. The lowest BCUT2D eigenvalue weighted by atomic mass is 9.68. The summed E-state index contributed by atoms with van der Waals surface area (Å²) in [7, 11) is 0. The maximum absolute atomic E-state index is 6.35. The van der Waals surface area contributed by atoms with Crippen molar-refractivity contribution >= 4 is 11.4 Å². The van der Waals surface area contributed by atoms with Gasteiger partial charge in [-0.05, 0) is 105 Å². The molecule has 6 aromatic carbocycles. The highest BCUT2D eigenvalue weighted by molar-refractivity contribution is 5.86. The third-order valence-corrected chi connectivity index (χ3v) is 9.39. The second-order valence-corrected chi connectivity index (χ2v) is 13.0. The molecule has 234 valence electrons. The highest BCUT2D eigenvalue weighted by atomic mass is 16.5. The van der Waals surface area contributed by atoms with E-state index in [0.717, 1.165) is 22.6 Å². The van der Waals surface area contributed by atoms with E-state index in [1.807, 2.05) is 48.5 Å². The summed E-state index contributed by atoms with van der Waals surface area (Å²) >= 11 is 0. The molecule has 0 fully saturated rings. The van der Waals surface area contributed by atoms with Gasteiger partial charge in [0.1, 0.15) is 11.5 Å². The molecule has 0 amide bonds. The summed E-state index contributed by atoms with van der Waals surface area (Å²) in [5.74, 6) is 3.57. The number of fused-ring (bicyclic) bond motifs is 3. The number of ether oxygens (including phenoxy) is 2.